The van der Waals surface area contributed by atoms with Crippen molar-refractivity contribution < 1.29 is 19.0 Å². The zero-order valence-corrected chi connectivity index (χ0v) is 18.2. The minimum absolute atomic E-state index is 0.378. The number of hydrazone groups is 1. The van der Waals surface area contributed by atoms with Gasteiger partial charge in [-0.15, -0.1) is 0 Å². The van der Waals surface area contributed by atoms with E-state index in [0.717, 1.165) is 16.9 Å². The van der Waals surface area contributed by atoms with Crippen LogP contribution in [0, 0.1) is 6.92 Å². The van der Waals surface area contributed by atoms with Gasteiger partial charge >= 0.3 is 6.03 Å². The second kappa shape index (κ2) is 12.0. The van der Waals surface area contributed by atoms with Crippen LogP contribution in [-0.2, 0) is 0 Å². The summed E-state index contributed by atoms with van der Waals surface area (Å²) < 4.78 is 17.2. The van der Waals surface area contributed by atoms with Crippen molar-refractivity contribution in [2.24, 2.45) is 5.10 Å². The molecule has 3 rings (SSSR count). The molecule has 0 saturated heterocycles. The summed E-state index contributed by atoms with van der Waals surface area (Å²) in [6.45, 7) is 5.21. The highest BCUT2D eigenvalue weighted by molar-refractivity contribution is 5.90. The summed E-state index contributed by atoms with van der Waals surface area (Å²) in [5, 5.41) is 6.67. The molecule has 7 nitrogen and oxygen atoms in total. The molecule has 3 aromatic rings. The third-order valence-electron chi connectivity index (χ3n) is 4.28. The molecule has 0 radical (unpaired) electrons. The first-order valence-electron chi connectivity index (χ1n) is 10.4. The van der Waals surface area contributed by atoms with Crippen molar-refractivity contribution in [3.63, 3.8) is 0 Å². The predicted molar refractivity (Wildman–Crippen MR) is 126 cm³/mol. The molecular weight excluding hydrogens is 406 g/mol. The van der Waals surface area contributed by atoms with Gasteiger partial charge in [-0.3, -0.25) is 0 Å². The van der Waals surface area contributed by atoms with E-state index in [0.29, 0.717) is 37.0 Å². The maximum atomic E-state index is 11.9. The summed E-state index contributed by atoms with van der Waals surface area (Å²) >= 11 is 0. The van der Waals surface area contributed by atoms with Crippen LogP contribution in [0.15, 0.2) is 77.9 Å². The Kier molecular flexibility index (Phi) is 8.50. The van der Waals surface area contributed by atoms with Crippen LogP contribution in [-0.4, -0.2) is 32.1 Å². The van der Waals surface area contributed by atoms with Gasteiger partial charge in [0.15, 0.2) is 11.5 Å². The van der Waals surface area contributed by atoms with Crippen LogP contribution >= 0.6 is 0 Å². The van der Waals surface area contributed by atoms with Crippen molar-refractivity contribution >= 4 is 17.9 Å². The lowest BCUT2D eigenvalue weighted by Gasteiger charge is -2.13. The van der Waals surface area contributed by atoms with Crippen LogP contribution in [0.4, 0.5) is 10.5 Å². The van der Waals surface area contributed by atoms with Crippen molar-refractivity contribution in [2.75, 3.05) is 25.1 Å². The van der Waals surface area contributed by atoms with Gasteiger partial charge in [-0.25, -0.2) is 10.2 Å². The van der Waals surface area contributed by atoms with Gasteiger partial charge < -0.3 is 19.5 Å². The number of amides is 2. The molecule has 0 unspecified atom stereocenters. The first-order chi connectivity index (χ1) is 15.6. The van der Waals surface area contributed by atoms with Crippen LogP contribution in [0.25, 0.3) is 0 Å². The summed E-state index contributed by atoms with van der Waals surface area (Å²) in [5.41, 5.74) is 5.03. The lowest BCUT2D eigenvalue weighted by atomic mass is 10.2. The third-order valence-corrected chi connectivity index (χ3v) is 4.28. The molecular formula is C25H27N3O4. The highest BCUT2D eigenvalue weighted by Crippen LogP contribution is 2.28. The number of carbonyl (C=O) groups excluding carboxylic acids is 1. The van der Waals surface area contributed by atoms with Gasteiger partial charge in [-0.1, -0.05) is 30.3 Å². The second-order valence-corrected chi connectivity index (χ2v) is 6.84. The average molecular weight is 434 g/mol. The fourth-order valence-electron chi connectivity index (χ4n) is 2.85. The number of carbonyl (C=O) groups is 1. The average Bonchev–Trinajstić information content (AvgIpc) is 2.79. The van der Waals surface area contributed by atoms with Gasteiger partial charge in [0, 0.05) is 5.69 Å². The highest BCUT2D eigenvalue weighted by Gasteiger charge is 2.07. The van der Waals surface area contributed by atoms with E-state index in [2.05, 4.69) is 15.8 Å². The first kappa shape index (κ1) is 22.7. The molecule has 3 aromatic carbocycles. The van der Waals surface area contributed by atoms with E-state index in [1.807, 2.05) is 68.4 Å². The van der Waals surface area contributed by atoms with E-state index in [-0.39, 0.29) is 0 Å². The number of nitrogens with one attached hydrogen (secondary N) is 2. The molecule has 0 aliphatic carbocycles. The quantitative estimate of drug-likeness (QED) is 0.268. The number of urea groups is 1. The molecule has 2 amide bonds. The second-order valence-electron chi connectivity index (χ2n) is 6.84. The summed E-state index contributed by atoms with van der Waals surface area (Å²) in [4.78, 5) is 11.9. The molecule has 0 heterocycles. The Hall–Kier alpha value is -4.00. The summed E-state index contributed by atoms with van der Waals surface area (Å²) in [7, 11) is 0. The fourth-order valence-corrected chi connectivity index (χ4v) is 2.85. The fraction of sp³-hybridized carbons (Fsp3) is 0.200. The topological polar surface area (TPSA) is 81.2 Å². The number of para-hydroxylation sites is 1. The molecule has 0 bridgehead atoms. The van der Waals surface area contributed by atoms with Crippen LogP contribution in [0.3, 0.4) is 0 Å². The van der Waals surface area contributed by atoms with E-state index in [9.17, 15) is 4.79 Å². The van der Waals surface area contributed by atoms with Gasteiger partial charge in [0.05, 0.1) is 12.8 Å². The van der Waals surface area contributed by atoms with Crippen molar-refractivity contribution in [3.05, 3.63) is 83.9 Å². The molecule has 0 aromatic heterocycles. The zero-order chi connectivity index (χ0) is 22.6. The standard InChI is InChI=1S/C25H27N3O4/c1-3-30-24-17-20(18-26-28-25(29)27-21-9-5-4-6-10-21)12-13-23(24)32-15-14-31-22-11-7-8-19(2)16-22/h4-13,16-18H,3,14-15H2,1-2H3,(H2,27,28,29). The maximum absolute atomic E-state index is 11.9. The third kappa shape index (κ3) is 7.36. The van der Waals surface area contributed by atoms with Gasteiger partial charge in [0.2, 0.25) is 0 Å². The smallest absolute Gasteiger partial charge is 0.339 e. The van der Waals surface area contributed by atoms with E-state index in [1.165, 1.54) is 6.21 Å². The van der Waals surface area contributed by atoms with Crippen molar-refractivity contribution in [3.8, 4) is 17.2 Å². The van der Waals surface area contributed by atoms with Crippen molar-refractivity contribution in [1.29, 1.82) is 0 Å². The Morgan fingerprint density at radius 2 is 1.72 bits per heavy atom. The van der Waals surface area contributed by atoms with Gasteiger partial charge in [-0.05, 0) is 67.4 Å². The van der Waals surface area contributed by atoms with Gasteiger partial charge in [0.1, 0.15) is 19.0 Å². The number of hydrogen-bond acceptors (Lipinski definition) is 5. The Bertz CT molecular complexity index is 1040. The number of hydrogen-bond donors (Lipinski definition) is 2. The summed E-state index contributed by atoms with van der Waals surface area (Å²) in [5.74, 6) is 2.03. The molecule has 32 heavy (non-hydrogen) atoms. The van der Waals surface area contributed by atoms with E-state index < -0.39 is 6.03 Å². The van der Waals surface area contributed by atoms with Crippen molar-refractivity contribution in [1.82, 2.24) is 5.43 Å². The lowest BCUT2D eigenvalue weighted by molar-refractivity contribution is 0.208. The molecule has 0 fully saturated rings. The normalized spacial score (nSPS) is 10.6. The Morgan fingerprint density at radius 1 is 0.906 bits per heavy atom. The van der Waals surface area contributed by atoms with E-state index in [1.54, 1.807) is 18.2 Å². The van der Waals surface area contributed by atoms with Gasteiger partial charge in [0.25, 0.3) is 0 Å². The summed E-state index contributed by atoms with van der Waals surface area (Å²) in [6, 6.07) is 22.0. The largest absolute Gasteiger partial charge is 0.490 e. The number of benzene rings is 3. The SMILES string of the molecule is CCOc1cc(C=NNC(=O)Nc2ccccc2)ccc1OCCOc1cccc(C)c1. The first-order valence-corrected chi connectivity index (χ1v) is 10.4. The minimum Gasteiger partial charge on any atom is -0.490 e. The Morgan fingerprint density at radius 3 is 2.50 bits per heavy atom. The number of anilines is 1. The number of nitrogens with zero attached hydrogens (tertiary/aromatic N) is 1. The molecule has 0 saturated carbocycles. The molecule has 7 heteroatoms. The monoisotopic (exact) mass is 433 g/mol. The van der Waals surface area contributed by atoms with Crippen LogP contribution in [0.5, 0.6) is 17.2 Å². The molecule has 2 N–H and O–H groups in total. The van der Waals surface area contributed by atoms with Crippen LogP contribution in [0.2, 0.25) is 0 Å². The number of ether oxygens (including phenoxy) is 3. The molecule has 0 atom stereocenters. The lowest BCUT2D eigenvalue weighted by Crippen LogP contribution is -2.24. The Labute approximate surface area is 188 Å². The Balaban J connectivity index is 1.51. The predicted octanol–water partition coefficient (Wildman–Crippen LogP) is 5.01. The number of aryl methyl sites for hydroxylation is 1. The van der Waals surface area contributed by atoms with Crippen molar-refractivity contribution in [2.45, 2.75) is 13.8 Å². The van der Waals surface area contributed by atoms with E-state index in [4.69, 9.17) is 14.2 Å². The minimum atomic E-state index is -0.425. The number of rotatable bonds is 10. The highest BCUT2D eigenvalue weighted by atomic mass is 16.5. The molecule has 0 aliphatic heterocycles. The van der Waals surface area contributed by atoms with Crippen LogP contribution < -0.4 is 25.0 Å². The molecule has 166 valence electrons. The zero-order valence-electron chi connectivity index (χ0n) is 18.2. The molecule has 0 spiro atoms. The van der Waals surface area contributed by atoms with Gasteiger partial charge in [-0.2, -0.15) is 5.10 Å². The van der Waals surface area contributed by atoms with E-state index >= 15 is 0 Å². The maximum Gasteiger partial charge on any atom is 0.339 e. The molecule has 0 aliphatic rings. The van der Waals surface area contributed by atoms with Crippen LogP contribution in [0.1, 0.15) is 18.1 Å². The summed E-state index contributed by atoms with van der Waals surface area (Å²) in [6.07, 6.45) is 1.54.